The molecule has 1 N–H and O–H groups in total. The van der Waals surface area contributed by atoms with Crippen molar-refractivity contribution < 1.29 is 5.11 Å². The van der Waals surface area contributed by atoms with Gasteiger partial charge in [-0.2, -0.15) is 9.61 Å². The highest BCUT2D eigenvalue weighted by molar-refractivity contribution is 6.33. The molecule has 3 aromatic carbocycles. The summed E-state index contributed by atoms with van der Waals surface area (Å²) in [7, 11) is 0. The maximum absolute atomic E-state index is 11.3. The molecular weight excluding hydrogens is 503 g/mol. The van der Waals surface area contributed by atoms with Crippen LogP contribution in [-0.2, 0) is 6.42 Å². The highest BCUT2D eigenvalue weighted by Gasteiger charge is 2.33. The summed E-state index contributed by atoms with van der Waals surface area (Å²) in [5.74, 6) is 0.945. The second kappa shape index (κ2) is 9.82. The summed E-state index contributed by atoms with van der Waals surface area (Å²) in [5.41, 5.74) is 4.69. The van der Waals surface area contributed by atoms with Gasteiger partial charge >= 0.3 is 0 Å². The second-order valence-electron chi connectivity index (χ2n) is 9.62. The van der Waals surface area contributed by atoms with Gasteiger partial charge in [-0.25, -0.2) is 4.98 Å². The lowest BCUT2D eigenvalue weighted by Crippen LogP contribution is -2.46. The van der Waals surface area contributed by atoms with Crippen LogP contribution in [0.5, 0.6) is 0 Å². The maximum atomic E-state index is 11.3. The van der Waals surface area contributed by atoms with Gasteiger partial charge < -0.3 is 10.0 Å². The van der Waals surface area contributed by atoms with Gasteiger partial charge in [0.25, 0.3) is 0 Å². The molecule has 1 fully saturated rings. The minimum Gasteiger partial charge on any atom is -0.389 e. The van der Waals surface area contributed by atoms with E-state index in [0.717, 1.165) is 52.5 Å². The Hall–Kier alpha value is -3.38. The summed E-state index contributed by atoms with van der Waals surface area (Å²) < 4.78 is 1.91. The molecule has 2 aromatic heterocycles. The predicted molar refractivity (Wildman–Crippen MR) is 150 cm³/mol. The summed E-state index contributed by atoms with van der Waals surface area (Å²) >= 11 is 12.8. The van der Waals surface area contributed by atoms with Gasteiger partial charge in [-0.05, 0) is 48.2 Å². The molecule has 0 aliphatic carbocycles. The molecule has 3 heterocycles. The Morgan fingerprint density at radius 1 is 0.838 bits per heavy atom. The van der Waals surface area contributed by atoms with Gasteiger partial charge in [0, 0.05) is 36.3 Å². The van der Waals surface area contributed by atoms with Crippen molar-refractivity contribution in [1.29, 1.82) is 0 Å². The molecule has 0 atom stereocenters. The topological polar surface area (TPSA) is 53.7 Å². The summed E-state index contributed by atoms with van der Waals surface area (Å²) in [6.07, 6.45) is 3.84. The number of rotatable bonds is 5. The predicted octanol–water partition coefficient (Wildman–Crippen LogP) is 6.94. The van der Waals surface area contributed by atoms with E-state index in [1.165, 1.54) is 0 Å². The first kappa shape index (κ1) is 24.0. The fourth-order valence-electron chi connectivity index (χ4n) is 5.20. The van der Waals surface area contributed by atoms with Crippen LogP contribution < -0.4 is 4.90 Å². The molecule has 1 saturated heterocycles. The van der Waals surface area contributed by atoms with E-state index in [0.29, 0.717) is 29.3 Å². The SMILES string of the molecule is OC1(Cc2ccccc2)CCN(c2ccnc3c(-c4ccc(Cl)cc4)c(-c4ccccc4Cl)nn23)CC1. The first-order chi connectivity index (χ1) is 18.0. The summed E-state index contributed by atoms with van der Waals surface area (Å²) in [6, 6.07) is 27.6. The first-order valence-corrected chi connectivity index (χ1v) is 13.2. The second-order valence-corrected chi connectivity index (χ2v) is 10.5. The number of benzene rings is 3. The van der Waals surface area contributed by atoms with Crippen LogP contribution in [0, 0.1) is 0 Å². The number of piperidine rings is 1. The number of fused-ring (bicyclic) bond motifs is 1. The molecule has 5 aromatic rings. The highest BCUT2D eigenvalue weighted by Crippen LogP contribution is 2.39. The zero-order valence-electron chi connectivity index (χ0n) is 20.2. The quantitative estimate of drug-likeness (QED) is 0.268. The Labute approximate surface area is 225 Å². The largest absolute Gasteiger partial charge is 0.389 e. The normalized spacial score (nSPS) is 15.3. The van der Waals surface area contributed by atoms with Crippen molar-refractivity contribution in [3.63, 3.8) is 0 Å². The number of nitrogens with zero attached hydrogens (tertiary/aromatic N) is 4. The van der Waals surface area contributed by atoms with E-state index < -0.39 is 5.60 Å². The zero-order valence-corrected chi connectivity index (χ0v) is 21.7. The van der Waals surface area contributed by atoms with Gasteiger partial charge in [-0.3, -0.25) is 0 Å². The van der Waals surface area contributed by atoms with Crippen molar-refractivity contribution in [2.45, 2.75) is 24.9 Å². The van der Waals surface area contributed by atoms with Gasteiger partial charge in [0.15, 0.2) is 5.65 Å². The van der Waals surface area contributed by atoms with Crippen LogP contribution in [0.25, 0.3) is 28.0 Å². The summed E-state index contributed by atoms with van der Waals surface area (Å²) in [4.78, 5) is 7.02. The van der Waals surface area contributed by atoms with Crippen LogP contribution in [0.1, 0.15) is 18.4 Å². The van der Waals surface area contributed by atoms with E-state index >= 15 is 0 Å². The van der Waals surface area contributed by atoms with Crippen LogP contribution in [0.3, 0.4) is 0 Å². The Kier molecular flexibility index (Phi) is 6.37. The van der Waals surface area contributed by atoms with Crippen molar-refractivity contribution in [1.82, 2.24) is 14.6 Å². The van der Waals surface area contributed by atoms with E-state index in [1.807, 2.05) is 83.5 Å². The molecule has 0 amide bonds. The van der Waals surface area contributed by atoms with Gasteiger partial charge in [-0.15, -0.1) is 0 Å². The van der Waals surface area contributed by atoms with Crippen LogP contribution in [0.2, 0.25) is 10.0 Å². The van der Waals surface area contributed by atoms with Crippen LogP contribution in [-0.4, -0.2) is 38.4 Å². The van der Waals surface area contributed by atoms with Gasteiger partial charge in [0.05, 0.1) is 16.2 Å². The first-order valence-electron chi connectivity index (χ1n) is 12.4. The molecule has 186 valence electrons. The number of aromatic nitrogens is 3. The molecule has 7 heteroatoms. The van der Waals surface area contributed by atoms with Crippen LogP contribution >= 0.6 is 23.2 Å². The third-order valence-electron chi connectivity index (χ3n) is 7.15. The van der Waals surface area contributed by atoms with E-state index in [4.69, 9.17) is 33.3 Å². The molecule has 0 radical (unpaired) electrons. The Bertz CT molecular complexity index is 1540. The third-order valence-corrected chi connectivity index (χ3v) is 7.74. The lowest BCUT2D eigenvalue weighted by Gasteiger charge is -2.39. The smallest absolute Gasteiger partial charge is 0.165 e. The molecular formula is C30H26Cl2N4O. The molecule has 1 aliphatic heterocycles. The highest BCUT2D eigenvalue weighted by atomic mass is 35.5. The zero-order chi connectivity index (χ0) is 25.4. The minimum atomic E-state index is -0.717. The lowest BCUT2D eigenvalue weighted by atomic mass is 9.85. The van der Waals surface area contributed by atoms with Gasteiger partial charge in [-0.1, -0.05) is 83.9 Å². The number of halogens is 2. The fraction of sp³-hybridized carbons (Fsp3) is 0.200. The van der Waals surface area contributed by atoms with Crippen molar-refractivity contribution >= 4 is 34.7 Å². The van der Waals surface area contributed by atoms with Crippen LogP contribution in [0.4, 0.5) is 5.82 Å². The van der Waals surface area contributed by atoms with E-state index in [9.17, 15) is 5.11 Å². The van der Waals surface area contributed by atoms with Gasteiger partial charge in [0.2, 0.25) is 0 Å². The van der Waals surface area contributed by atoms with Crippen molar-refractivity contribution in [2.75, 3.05) is 18.0 Å². The average Bonchev–Trinajstić information content (AvgIpc) is 3.30. The molecule has 0 saturated carbocycles. The standard InChI is InChI=1S/C30H26Cl2N4O/c31-23-12-10-22(11-13-23)27-28(24-8-4-5-9-25(24)32)34-36-26(14-17-33-29(27)36)35-18-15-30(37,16-19-35)20-21-6-2-1-3-7-21/h1-14,17,37H,15-16,18-20H2. The van der Waals surface area contributed by atoms with E-state index in [1.54, 1.807) is 0 Å². The number of hydrogen-bond acceptors (Lipinski definition) is 4. The number of anilines is 1. The Morgan fingerprint density at radius 2 is 1.54 bits per heavy atom. The van der Waals surface area contributed by atoms with Crippen molar-refractivity contribution in [2.24, 2.45) is 0 Å². The lowest BCUT2D eigenvalue weighted by molar-refractivity contribution is 0.0164. The maximum Gasteiger partial charge on any atom is 0.165 e. The van der Waals surface area contributed by atoms with E-state index in [-0.39, 0.29) is 0 Å². The van der Waals surface area contributed by atoms with Gasteiger partial charge in [0.1, 0.15) is 11.5 Å². The molecule has 0 unspecified atom stereocenters. The van der Waals surface area contributed by atoms with E-state index in [2.05, 4.69) is 17.0 Å². The summed E-state index contributed by atoms with van der Waals surface area (Å²) in [6.45, 7) is 1.44. The Balaban J connectivity index is 1.39. The fourth-order valence-corrected chi connectivity index (χ4v) is 5.55. The molecule has 37 heavy (non-hydrogen) atoms. The minimum absolute atomic E-state index is 0.631. The Morgan fingerprint density at radius 3 is 2.27 bits per heavy atom. The van der Waals surface area contributed by atoms with Crippen LogP contribution in [0.15, 0.2) is 91.1 Å². The molecule has 1 aliphatic rings. The van der Waals surface area contributed by atoms with Crippen molar-refractivity contribution in [3.05, 3.63) is 107 Å². The molecule has 0 bridgehead atoms. The molecule has 0 spiro atoms. The summed E-state index contributed by atoms with van der Waals surface area (Å²) in [5, 5.41) is 17.7. The monoisotopic (exact) mass is 528 g/mol. The van der Waals surface area contributed by atoms with Crippen molar-refractivity contribution in [3.8, 4) is 22.4 Å². The third kappa shape index (κ3) is 4.71. The number of hydrogen-bond donors (Lipinski definition) is 1. The average molecular weight is 529 g/mol. The molecule has 5 nitrogen and oxygen atoms in total. The molecule has 6 rings (SSSR count). The number of aliphatic hydroxyl groups is 1.